The molecule has 1 rings (SSSR count). The number of benzene rings is 1. The van der Waals surface area contributed by atoms with Gasteiger partial charge >= 0.3 is 0 Å². The quantitative estimate of drug-likeness (QED) is 0.827. The molecule has 0 amide bonds. The van der Waals surface area contributed by atoms with Gasteiger partial charge in [-0.15, -0.1) is 0 Å². The van der Waals surface area contributed by atoms with E-state index in [4.69, 9.17) is 4.74 Å². The fourth-order valence-corrected chi connectivity index (χ4v) is 1.78. The number of ether oxygens (including phenoxy) is 1. The van der Waals surface area contributed by atoms with Gasteiger partial charge in [0.15, 0.2) is 0 Å². The van der Waals surface area contributed by atoms with Crippen molar-refractivity contribution in [2.75, 3.05) is 7.11 Å². The summed E-state index contributed by atoms with van der Waals surface area (Å²) >= 11 is 0. The number of hydrogen-bond acceptors (Lipinski definition) is 2. The van der Waals surface area contributed by atoms with E-state index in [-0.39, 0.29) is 11.5 Å². The molecule has 2 nitrogen and oxygen atoms in total. The van der Waals surface area contributed by atoms with Crippen LogP contribution in [-0.4, -0.2) is 18.3 Å². The summed E-state index contributed by atoms with van der Waals surface area (Å²) in [5.74, 6) is 0. The largest absolute Gasteiger partial charge is 0.386 e. The van der Waals surface area contributed by atoms with E-state index >= 15 is 0 Å². The first-order valence-corrected chi connectivity index (χ1v) is 5.22. The highest BCUT2D eigenvalue weighted by atomic mass is 16.5. The zero-order valence-corrected chi connectivity index (χ0v) is 9.90. The van der Waals surface area contributed by atoms with Crippen LogP contribution in [-0.2, 0) is 4.74 Å². The molecule has 0 radical (unpaired) electrons. The van der Waals surface area contributed by atoms with E-state index in [1.807, 2.05) is 30.3 Å². The van der Waals surface area contributed by atoms with Crippen LogP contribution >= 0.6 is 0 Å². The Kier molecular flexibility index (Phi) is 3.89. The van der Waals surface area contributed by atoms with Crippen molar-refractivity contribution in [2.45, 2.75) is 33.0 Å². The Hall–Kier alpha value is -0.860. The molecule has 1 aromatic rings. The summed E-state index contributed by atoms with van der Waals surface area (Å²) in [6, 6.07) is 9.63. The average molecular weight is 208 g/mol. The second-order valence-corrected chi connectivity index (χ2v) is 4.88. The second-order valence-electron chi connectivity index (χ2n) is 4.88. The van der Waals surface area contributed by atoms with E-state index in [1.54, 1.807) is 7.11 Å². The summed E-state index contributed by atoms with van der Waals surface area (Å²) in [4.78, 5) is 0. The Morgan fingerprint density at radius 2 is 1.67 bits per heavy atom. The molecule has 15 heavy (non-hydrogen) atoms. The molecule has 2 atom stereocenters. The van der Waals surface area contributed by atoms with Crippen LogP contribution in [0.3, 0.4) is 0 Å². The summed E-state index contributed by atoms with van der Waals surface area (Å²) in [6.45, 7) is 6.19. The van der Waals surface area contributed by atoms with E-state index in [0.29, 0.717) is 0 Å². The van der Waals surface area contributed by atoms with Crippen molar-refractivity contribution in [1.29, 1.82) is 0 Å². The molecular formula is C13H20O2. The minimum absolute atomic E-state index is 0.0794. The van der Waals surface area contributed by atoms with Gasteiger partial charge in [0, 0.05) is 7.11 Å². The summed E-state index contributed by atoms with van der Waals surface area (Å²) in [5, 5.41) is 10.2. The van der Waals surface area contributed by atoms with Crippen LogP contribution in [0.1, 0.15) is 32.4 Å². The maximum atomic E-state index is 10.2. The standard InChI is InChI=1S/C13H20O2/c1-13(2,3)12(15-4)11(14)10-8-6-5-7-9-10/h5-9,11-12,14H,1-4H3. The summed E-state index contributed by atoms with van der Waals surface area (Å²) in [6.07, 6.45) is -0.768. The number of hydrogen-bond donors (Lipinski definition) is 1. The van der Waals surface area contributed by atoms with E-state index in [1.165, 1.54) is 0 Å². The molecule has 0 bridgehead atoms. The van der Waals surface area contributed by atoms with Crippen LogP contribution in [0.25, 0.3) is 0 Å². The van der Waals surface area contributed by atoms with E-state index < -0.39 is 6.10 Å². The van der Waals surface area contributed by atoms with E-state index in [9.17, 15) is 5.11 Å². The Morgan fingerprint density at radius 1 is 1.13 bits per heavy atom. The maximum Gasteiger partial charge on any atom is 0.106 e. The molecule has 1 N–H and O–H groups in total. The van der Waals surface area contributed by atoms with Crippen LogP contribution in [0.5, 0.6) is 0 Å². The van der Waals surface area contributed by atoms with Crippen molar-refractivity contribution >= 4 is 0 Å². The highest BCUT2D eigenvalue weighted by molar-refractivity contribution is 5.19. The van der Waals surface area contributed by atoms with Crippen LogP contribution in [0.2, 0.25) is 0 Å². The van der Waals surface area contributed by atoms with Crippen LogP contribution < -0.4 is 0 Å². The minimum atomic E-state index is -0.573. The lowest BCUT2D eigenvalue weighted by Crippen LogP contribution is -2.34. The SMILES string of the molecule is COC(C(O)c1ccccc1)C(C)(C)C. The third kappa shape index (κ3) is 3.05. The number of aliphatic hydroxyl groups is 1. The molecule has 0 aliphatic heterocycles. The van der Waals surface area contributed by atoms with E-state index in [0.717, 1.165) is 5.56 Å². The highest BCUT2D eigenvalue weighted by Crippen LogP contribution is 2.32. The number of aliphatic hydroxyl groups excluding tert-OH is 1. The van der Waals surface area contributed by atoms with Gasteiger partial charge in [-0.25, -0.2) is 0 Å². The first-order chi connectivity index (χ1) is 6.96. The fraction of sp³-hybridized carbons (Fsp3) is 0.538. The summed E-state index contributed by atoms with van der Waals surface area (Å²) in [5.41, 5.74) is 0.823. The molecular weight excluding hydrogens is 188 g/mol. The maximum absolute atomic E-state index is 10.2. The van der Waals surface area contributed by atoms with Gasteiger partial charge in [0.25, 0.3) is 0 Å². The molecule has 1 aromatic carbocycles. The van der Waals surface area contributed by atoms with Crippen LogP contribution in [0.4, 0.5) is 0 Å². The Labute approximate surface area is 91.9 Å². The molecule has 0 saturated carbocycles. The van der Waals surface area contributed by atoms with Crippen molar-refractivity contribution in [3.05, 3.63) is 35.9 Å². The fourth-order valence-electron chi connectivity index (χ4n) is 1.78. The highest BCUT2D eigenvalue weighted by Gasteiger charge is 2.31. The first-order valence-electron chi connectivity index (χ1n) is 5.22. The van der Waals surface area contributed by atoms with Gasteiger partial charge in [-0.3, -0.25) is 0 Å². The van der Waals surface area contributed by atoms with Gasteiger partial charge in [-0.05, 0) is 11.0 Å². The lowest BCUT2D eigenvalue weighted by molar-refractivity contribution is -0.0724. The zero-order chi connectivity index (χ0) is 11.5. The van der Waals surface area contributed by atoms with Gasteiger partial charge in [0.2, 0.25) is 0 Å². The average Bonchev–Trinajstić information content (AvgIpc) is 2.18. The minimum Gasteiger partial charge on any atom is -0.386 e. The Bertz CT molecular complexity index is 287. The van der Waals surface area contributed by atoms with Crippen molar-refractivity contribution in [2.24, 2.45) is 5.41 Å². The van der Waals surface area contributed by atoms with Crippen molar-refractivity contribution in [1.82, 2.24) is 0 Å². The van der Waals surface area contributed by atoms with Crippen LogP contribution in [0.15, 0.2) is 30.3 Å². The van der Waals surface area contributed by atoms with E-state index in [2.05, 4.69) is 20.8 Å². The topological polar surface area (TPSA) is 29.5 Å². The molecule has 0 saturated heterocycles. The molecule has 0 aliphatic rings. The molecule has 84 valence electrons. The first kappa shape index (κ1) is 12.2. The normalized spacial score (nSPS) is 16.1. The lowest BCUT2D eigenvalue weighted by Gasteiger charge is -2.33. The van der Waals surface area contributed by atoms with Gasteiger partial charge < -0.3 is 9.84 Å². The zero-order valence-electron chi connectivity index (χ0n) is 9.90. The smallest absolute Gasteiger partial charge is 0.106 e. The summed E-state index contributed by atoms with van der Waals surface area (Å²) in [7, 11) is 1.64. The molecule has 0 fully saturated rings. The molecule has 0 heterocycles. The van der Waals surface area contributed by atoms with Crippen molar-refractivity contribution in [3.63, 3.8) is 0 Å². The number of rotatable bonds is 3. The second kappa shape index (κ2) is 4.77. The van der Waals surface area contributed by atoms with Crippen LogP contribution in [0, 0.1) is 5.41 Å². The molecule has 2 heteroatoms. The molecule has 0 spiro atoms. The molecule has 2 unspecified atom stereocenters. The predicted molar refractivity (Wildman–Crippen MR) is 61.7 cm³/mol. The third-order valence-corrected chi connectivity index (χ3v) is 2.54. The Balaban J connectivity index is 2.88. The van der Waals surface area contributed by atoms with Gasteiger partial charge in [0.05, 0.1) is 6.10 Å². The third-order valence-electron chi connectivity index (χ3n) is 2.54. The van der Waals surface area contributed by atoms with Gasteiger partial charge in [-0.1, -0.05) is 51.1 Å². The van der Waals surface area contributed by atoms with Gasteiger partial charge in [0.1, 0.15) is 6.10 Å². The van der Waals surface area contributed by atoms with Gasteiger partial charge in [-0.2, -0.15) is 0 Å². The number of methoxy groups -OCH3 is 1. The molecule has 0 aromatic heterocycles. The van der Waals surface area contributed by atoms with Crippen molar-refractivity contribution in [3.8, 4) is 0 Å². The predicted octanol–water partition coefficient (Wildman–Crippen LogP) is 2.78. The Morgan fingerprint density at radius 3 is 2.07 bits per heavy atom. The van der Waals surface area contributed by atoms with Crippen molar-refractivity contribution < 1.29 is 9.84 Å². The lowest BCUT2D eigenvalue weighted by atomic mass is 9.83. The molecule has 0 aliphatic carbocycles. The monoisotopic (exact) mass is 208 g/mol. The summed E-state index contributed by atoms with van der Waals surface area (Å²) < 4.78 is 5.38.